The highest BCUT2D eigenvalue weighted by Gasteiger charge is 2.29. The van der Waals surface area contributed by atoms with Gasteiger partial charge in [0.2, 0.25) is 10.0 Å². The molecule has 3 rings (SSSR count). The molecule has 2 heterocycles. The van der Waals surface area contributed by atoms with Crippen LogP contribution in [0.5, 0.6) is 0 Å². The van der Waals surface area contributed by atoms with E-state index in [9.17, 15) is 13.2 Å². The fourth-order valence-corrected chi connectivity index (χ4v) is 5.96. The molecule has 8 heteroatoms. The van der Waals surface area contributed by atoms with Crippen LogP contribution in [0.15, 0.2) is 23.1 Å². The van der Waals surface area contributed by atoms with Gasteiger partial charge < -0.3 is 9.80 Å². The Morgan fingerprint density at radius 2 is 1.93 bits per heavy atom. The summed E-state index contributed by atoms with van der Waals surface area (Å²) in [7, 11) is 0.174. The van der Waals surface area contributed by atoms with Gasteiger partial charge in [0.1, 0.15) is 4.90 Å². The lowest BCUT2D eigenvalue weighted by atomic mass is 10.1. The third kappa shape index (κ3) is 4.65. The SMILES string of the molecule is CN1CCC(CN(C)C(=O)c2ccc(Cl)c(S(=O)(=O)N3CCCCC3)c2)C1. The van der Waals surface area contributed by atoms with E-state index >= 15 is 0 Å². The van der Waals surface area contributed by atoms with Gasteiger partial charge in [-0.05, 0) is 57.0 Å². The highest BCUT2D eigenvalue weighted by atomic mass is 35.5. The van der Waals surface area contributed by atoms with Crippen molar-refractivity contribution in [2.75, 3.05) is 46.8 Å². The van der Waals surface area contributed by atoms with Gasteiger partial charge in [-0.25, -0.2) is 8.42 Å². The van der Waals surface area contributed by atoms with Gasteiger partial charge in [0.15, 0.2) is 0 Å². The zero-order valence-electron chi connectivity index (χ0n) is 16.0. The van der Waals surface area contributed by atoms with E-state index in [4.69, 9.17) is 11.6 Å². The van der Waals surface area contributed by atoms with Crippen molar-refractivity contribution in [1.29, 1.82) is 0 Å². The number of nitrogens with zero attached hydrogens (tertiary/aromatic N) is 3. The molecule has 2 aliphatic rings. The molecule has 27 heavy (non-hydrogen) atoms. The summed E-state index contributed by atoms with van der Waals surface area (Å²) >= 11 is 6.20. The summed E-state index contributed by atoms with van der Waals surface area (Å²) < 4.78 is 27.4. The molecule has 6 nitrogen and oxygen atoms in total. The molecule has 1 unspecified atom stereocenters. The van der Waals surface area contributed by atoms with Crippen LogP contribution in [0.4, 0.5) is 0 Å². The number of rotatable bonds is 5. The maximum atomic E-state index is 13.0. The Morgan fingerprint density at radius 1 is 1.22 bits per heavy atom. The van der Waals surface area contributed by atoms with Crippen LogP contribution in [0.3, 0.4) is 0 Å². The molecule has 0 saturated carbocycles. The first-order valence-electron chi connectivity index (χ1n) is 9.53. The highest BCUT2D eigenvalue weighted by Crippen LogP contribution is 2.28. The van der Waals surface area contributed by atoms with Gasteiger partial charge in [0, 0.05) is 38.8 Å². The van der Waals surface area contributed by atoms with Gasteiger partial charge >= 0.3 is 0 Å². The number of carbonyl (C=O) groups excluding carboxylic acids is 1. The molecule has 2 fully saturated rings. The van der Waals surface area contributed by atoms with Gasteiger partial charge in [0.25, 0.3) is 5.91 Å². The van der Waals surface area contributed by atoms with E-state index in [0.29, 0.717) is 31.1 Å². The van der Waals surface area contributed by atoms with Crippen molar-refractivity contribution >= 4 is 27.5 Å². The predicted molar refractivity (Wildman–Crippen MR) is 107 cm³/mol. The zero-order chi connectivity index (χ0) is 19.6. The summed E-state index contributed by atoms with van der Waals surface area (Å²) in [6, 6.07) is 4.56. The molecule has 1 atom stereocenters. The van der Waals surface area contributed by atoms with Crippen LogP contribution in [-0.2, 0) is 10.0 Å². The van der Waals surface area contributed by atoms with E-state index in [1.54, 1.807) is 18.0 Å². The summed E-state index contributed by atoms with van der Waals surface area (Å²) in [5, 5.41) is 0.164. The van der Waals surface area contributed by atoms with E-state index in [2.05, 4.69) is 11.9 Å². The first-order valence-corrected chi connectivity index (χ1v) is 11.3. The summed E-state index contributed by atoms with van der Waals surface area (Å²) in [6.45, 7) is 3.70. The van der Waals surface area contributed by atoms with Gasteiger partial charge in [-0.15, -0.1) is 0 Å². The highest BCUT2D eigenvalue weighted by molar-refractivity contribution is 7.89. The van der Waals surface area contributed by atoms with E-state index in [-0.39, 0.29) is 15.8 Å². The van der Waals surface area contributed by atoms with Crippen LogP contribution >= 0.6 is 11.6 Å². The molecule has 1 aromatic rings. The molecule has 2 aliphatic heterocycles. The number of likely N-dealkylation sites (tertiary alicyclic amines) is 1. The van der Waals surface area contributed by atoms with Crippen LogP contribution in [0.1, 0.15) is 36.0 Å². The van der Waals surface area contributed by atoms with E-state index in [1.807, 2.05) is 0 Å². The molecule has 1 aromatic carbocycles. The number of carbonyl (C=O) groups is 1. The molecule has 0 aliphatic carbocycles. The molecule has 150 valence electrons. The van der Waals surface area contributed by atoms with Crippen molar-refractivity contribution in [3.05, 3.63) is 28.8 Å². The second kappa shape index (κ2) is 8.47. The molecule has 1 amide bonds. The lowest BCUT2D eigenvalue weighted by molar-refractivity contribution is 0.0774. The Hall–Kier alpha value is -1.15. The Morgan fingerprint density at radius 3 is 2.56 bits per heavy atom. The maximum Gasteiger partial charge on any atom is 0.253 e. The Labute approximate surface area is 167 Å². The first kappa shape index (κ1) is 20.6. The lowest BCUT2D eigenvalue weighted by Crippen LogP contribution is -2.36. The topological polar surface area (TPSA) is 60.9 Å². The minimum absolute atomic E-state index is 0.0333. The van der Waals surface area contributed by atoms with Crippen LogP contribution in [0.25, 0.3) is 0 Å². The van der Waals surface area contributed by atoms with E-state index < -0.39 is 10.0 Å². The fraction of sp³-hybridized carbons (Fsp3) is 0.632. The second-order valence-corrected chi connectivity index (χ2v) is 10.0. The smallest absolute Gasteiger partial charge is 0.253 e. The van der Waals surface area contributed by atoms with Crippen molar-refractivity contribution in [2.24, 2.45) is 5.92 Å². The average Bonchev–Trinajstić information content (AvgIpc) is 3.06. The van der Waals surface area contributed by atoms with Gasteiger partial charge in [-0.2, -0.15) is 4.31 Å². The lowest BCUT2D eigenvalue weighted by Gasteiger charge is -2.26. The first-order chi connectivity index (χ1) is 12.8. The van der Waals surface area contributed by atoms with Crippen molar-refractivity contribution in [2.45, 2.75) is 30.6 Å². The van der Waals surface area contributed by atoms with Gasteiger partial charge in [-0.3, -0.25) is 4.79 Å². The van der Waals surface area contributed by atoms with E-state index in [0.717, 1.165) is 38.8 Å². The number of hydrogen-bond acceptors (Lipinski definition) is 4. The minimum atomic E-state index is -3.68. The minimum Gasteiger partial charge on any atom is -0.341 e. The number of sulfonamides is 1. The summed E-state index contributed by atoms with van der Waals surface area (Å²) in [5.74, 6) is 0.282. The van der Waals surface area contributed by atoms with Crippen molar-refractivity contribution in [3.63, 3.8) is 0 Å². The number of piperidine rings is 1. The molecule has 0 radical (unpaired) electrons. The van der Waals surface area contributed by atoms with Crippen molar-refractivity contribution in [3.8, 4) is 0 Å². The van der Waals surface area contributed by atoms with Crippen molar-refractivity contribution in [1.82, 2.24) is 14.1 Å². The summed E-state index contributed by atoms with van der Waals surface area (Å²) in [5.41, 5.74) is 0.365. The van der Waals surface area contributed by atoms with E-state index in [1.165, 1.54) is 16.4 Å². The van der Waals surface area contributed by atoms with Crippen LogP contribution < -0.4 is 0 Å². The molecular weight excluding hydrogens is 386 g/mol. The molecule has 2 saturated heterocycles. The summed E-state index contributed by atoms with van der Waals surface area (Å²) in [6.07, 6.45) is 3.82. The van der Waals surface area contributed by atoms with Crippen molar-refractivity contribution < 1.29 is 13.2 Å². The number of amides is 1. The fourth-order valence-electron chi connectivity index (χ4n) is 3.94. The second-order valence-electron chi connectivity index (χ2n) is 7.71. The Kier molecular flexibility index (Phi) is 6.46. The number of hydrogen-bond donors (Lipinski definition) is 0. The Bertz CT molecular complexity index is 793. The molecule has 0 N–H and O–H groups in total. The maximum absolute atomic E-state index is 13.0. The Balaban J connectivity index is 1.78. The van der Waals surface area contributed by atoms with Crippen LogP contribution in [-0.4, -0.2) is 75.2 Å². The standard InChI is InChI=1S/C19H28ClN3O3S/c1-21-11-8-15(13-21)14-22(2)19(24)16-6-7-17(20)18(12-16)27(25,26)23-9-4-3-5-10-23/h6-7,12,15H,3-5,8-11,13-14H2,1-2H3. The monoisotopic (exact) mass is 413 g/mol. The zero-order valence-corrected chi connectivity index (χ0v) is 17.6. The molecule has 0 bridgehead atoms. The number of benzene rings is 1. The summed E-state index contributed by atoms with van der Waals surface area (Å²) in [4.78, 5) is 16.8. The van der Waals surface area contributed by atoms with Gasteiger partial charge in [-0.1, -0.05) is 18.0 Å². The average molecular weight is 414 g/mol. The normalized spacial score (nSPS) is 22.1. The van der Waals surface area contributed by atoms with Gasteiger partial charge in [0.05, 0.1) is 5.02 Å². The molecule has 0 spiro atoms. The largest absolute Gasteiger partial charge is 0.341 e. The third-order valence-corrected chi connectivity index (χ3v) is 7.86. The number of halogens is 1. The molecular formula is C19H28ClN3O3S. The van der Waals surface area contributed by atoms with Crippen LogP contribution in [0.2, 0.25) is 5.02 Å². The molecule has 0 aromatic heterocycles. The third-order valence-electron chi connectivity index (χ3n) is 5.48. The quantitative estimate of drug-likeness (QED) is 0.744. The van der Waals surface area contributed by atoms with Crippen LogP contribution in [0, 0.1) is 5.92 Å². The predicted octanol–water partition coefficient (Wildman–Crippen LogP) is 2.54.